The van der Waals surface area contributed by atoms with Crippen molar-refractivity contribution in [3.05, 3.63) is 23.8 Å². The van der Waals surface area contributed by atoms with Crippen LogP contribution in [0.3, 0.4) is 0 Å². The van der Waals surface area contributed by atoms with E-state index in [4.69, 9.17) is 15.2 Å². The molecule has 0 amide bonds. The molecule has 0 spiro atoms. The first-order chi connectivity index (χ1) is 7.66. The third kappa shape index (κ3) is 2.41. The van der Waals surface area contributed by atoms with E-state index in [-0.39, 0.29) is 17.5 Å². The van der Waals surface area contributed by atoms with Gasteiger partial charge in [-0.1, -0.05) is 0 Å². The van der Waals surface area contributed by atoms with Crippen molar-refractivity contribution < 1.29 is 18.3 Å². The molecule has 1 aromatic rings. The maximum Gasteiger partial charge on any atom is 0.152 e. The van der Waals surface area contributed by atoms with Crippen LogP contribution in [0.15, 0.2) is 12.1 Å². The predicted molar refractivity (Wildman–Crippen MR) is 55.2 cm³/mol. The zero-order valence-corrected chi connectivity index (χ0v) is 8.71. The maximum atomic E-state index is 13.1. The number of anilines is 1. The maximum absolute atomic E-state index is 13.1. The van der Waals surface area contributed by atoms with E-state index >= 15 is 0 Å². The molecule has 0 bridgehead atoms. The van der Waals surface area contributed by atoms with E-state index in [2.05, 4.69) is 0 Å². The molecule has 0 aliphatic carbocycles. The SMILES string of the molecule is Nc1c(F)cc(F)cc1OC1CCOCC1. The monoisotopic (exact) mass is 229 g/mol. The molecule has 1 aromatic carbocycles. The lowest BCUT2D eigenvalue weighted by Gasteiger charge is -2.24. The molecule has 2 N–H and O–H groups in total. The second-order valence-electron chi connectivity index (χ2n) is 3.73. The molecular formula is C11H13F2NO2. The summed E-state index contributed by atoms with van der Waals surface area (Å²) in [7, 11) is 0. The number of halogens is 2. The van der Waals surface area contributed by atoms with E-state index in [9.17, 15) is 8.78 Å². The van der Waals surface area contributed by atoms with E-state index in [0.717, 1.165) is 12.1 Å². The minimum Gasteiger partial charge on any atom is -0.488 e. The molecule has 0 radical (unpaired) electrons. The summed E-state index contributed by atoms with van der Waals surface area (Å²) in [6.07, 6.45) is 1.33. The van der Waals surface area contributed by atoms with Crippen LogP contribution < -0.4 is 10.5 Å². The molecule has 0 saturated carbocycles. The molecule has 0 atom stereocenters. The number of rotatable bonds is 2. The van der Waals surface area contributed by atoms with Gasteiger partial charge in [-0.2, -0.15) is 0 Å². The van der Waals surface area contributed by atoms with Gasteiger partial charge in [0, 0.05) is 25.0 Å². The van der Waals surface area contributed by atoms with E-state index in [1.807, 2.05) is 0 Å². The van der Waals surface area contributed by atoms with Gasteiger partial charge in [0.05, 0.1) is 13.2 Å². The van der Waals surface area contributed by atoms with Gasteiger partial charge in [-0.3, -0.25) is 0 Å². The Kier molecular flexibility index (Phi) is 3.24. The lowest BCUT2D eigenvalue weighted by molar-refractivity contribution is 0.0257. The third-order valence-electron chi connectivity index (χ3n) is 2.52. The van der Waals surface area contributed by atoms with Gasteiger partial charge in [-0.05, 0) is 0 Å². The fraction of sp³-hybridized carbons (Fsp3) is 0.455. The van der Waals surface area contributed by atoms with Crippen LogP contribution in [0, 0.1) is 11.6 Å². The van der Waals surface area contributed by atoms with Crippen molar-refractivity contribution >= 4 is 5.69 Å². The van der Waals surface area contributed by atoms with Crippen molar-refractivity contribution in [2.24, 2.45) is 0 Å². The van der Waals surface area contributed by atoms with Gasteiger partial charge in [0.2, 0.25) is 0 Å². The Morgan fingerprint density at radius 1 is 1.25 bits per heavy atom. The number of nitrogens with two attached hydrogens (primary N) is 1. The molecule has 1 saturated heterocycles. The molecule has 1 aliphatic heterocycles. The lowest BCUT2D eigenvalue weighted by Crippen LogP contribution is -2.26. The summed E-state index contributed by atoms with van der Waals surface area (Å²) in [6.45, 7) is 1.20. The average molecular weight is 229 g/mol. The van der Waals surface area contributed by atoms with Crippen LogP contribution in [-0.4, -0.2) is 19.3 Å². The number of ether oxygens (including phenoxy) is 2. The minimum atomic E-state index is -0.790. The smallest absolute Gasteiger partial charge is 0.152 e. The van der Waals surface area contributed by atoms with Crippen molar-refractivity contribution in [1.29, 1.82) is 0 Å². The molecule has 0 aromatic heterocycles. The normalized spacial score (nSPS) is 17.4. The van der Waals surface area contributed by atoms with Crippen molar-refractivity contribution in [2.45, 2.75) is 18.9 Å². The van der Waals surface area contributed by atoms with Crippen LogP contribution in [0.1, 0.15) is 12.8 Å². The summed E-state index contributed by atoms with van der Waals surface area (Å²) >= 11 is 0. The molecule has 1 aliphatic rings. The molecular weight excluding hydrogens is 216 g/mol. The van der Waals surface area contributed by atoms with Crippen LogP contribution in [0.25, 0.3) is 0 Å². The molecule has 2 rings (SSSR count). The van der Waals surface area contributed by atoms with Crippen LogP contribution >= 0.6 is 0 Å². The van der Waals surface area contributed by atoms with Gasteiger partial charge in [0.25, 0.3) is 0 Å². The number of hydrogen-bond acceptors (Lipinski definition) is 3. The predicted octanol–water partition coefficient (Wildman–Crippen LogP) is 2.10. The highest BCUT2D eigenvalue weighted by Crippen LogP contribution is 2.28. The standard InChI is InChI=1S/C11H13F2NO2/c12-7-5-9(13)11(14)10(6-7)16-8-1-3-15-4-2-8/h5-6,8H,1-4,14H2. The fourth-order valence-electron chi connectivity index (χ4n) is 1.63. The highest BCUT2D eigenvalue weighted by molar-refractivity contribution is 5.53. The van der Waals surface area contributed by atoms with Gasteiger partial charge >= 0.3 is 0 Å². The van der Waals surface area contributed by atoms with Gasteiger partial charge in [0.1, 0.15) is 23.4 Å². The Morgan fingerprint density at radius 2 is 1.94 bits per heavy atom. The zero-order valence-electron chi connectivity index (χ0n) is 8.71. The van der Waals surface area contributed by atoms with Gasteiger partial charge < -0.3 is 15.2 Å². The highest BCUT2D eigenvalue weighted by Gasteiger charge is 2.18. The van der Waals surface area contributed by atoms with Crippen molar-refractivity contribution in [2.75, 3.05) is 18.9 Å². The van der Waals surface area contributed by atoms with Crippen molar-refractivity contribution in [3.63, 3.8) is 0 Å². The average Bonchev–Trinajstić information content (AvgIpc) is 2.27. The number of benzene rings is 1. The number of nitrogen functional groups attached to an aromatic ring is 1. The van der Waals surface area contributed by atoms with E-state index in [0.29, 0.717) is 26.1 Å². The second-order valence-corrected chi connectivity index (χ2v) is 3.73. The fourth-order valence-corrected chi connectivity index (χ4v) is 1.63. The zero-order chi connectivity index (χ0) is 11.5. The van der Waals surface area contributed by atoms with E-state index in [1.54, 1.807) is 0 Å². The Morgan fingerprint density at radius 3 is 2.62 bits per heavy atom. The molecule has 16 heavy (non-hydrogen) atoms. The summed E-state index contributed by atoms with van der Waals surface area (Å²) < 4.78 is 36.7. The molecule has 88 valence electrons. The summed E-state index contributed by atoms with van der Waals surface area (Å²) in [5, 5.41) is 0. The van der Waals surface area contributed by atoms with E-state index in [1.165, 1.54) is 0 Å². The molecule has 1 heterocycles. The second kappa shape index (κ2) is 4.65. The van der Waals surface area contributed by atoms with Crippen LogP contribution in [0.4, 0.5) is 14.5 Å². The first kappa shape index (κ1) is 11.1. The van der Waals surface area contributed by atoms with E-state index < -0.39 is 11.6 Å². The molecule has 1 fully saturated rings. The summed E-state index contributed by atoms with van der Waals surface area (Å²) in [5.74, 6) is -1.40. The highest BCUT2D eigenvalue weighted by atomic mass is 19.1. The Hall–Kier alpha value is -1.36. The molecule has 3 nitrogen and oxygen atoms in total. The van der Waals surface area contributed by atoms with Crippen LogP contribution in [0.5, 0.6) is 5.75 Å². The van der Waals surface area contributed by atoms with Gasteiger partial charge in [-0.25, -0.2) is 8.78 Å². The topological polar surface area (TPSA) is 44.5 Å². The Balaban J connectivity index is 2.13. The van der Waals surface area contributed by atoms with Crippen LogP contribution in [0.2, 0.25) is 0 Å². The summed E-state index contributed by atoms with van der Waals surface area (Å²) in [6, 6.07) is 1.85. The van der Waals surface area contributed by atoms with Gasteiger partial charge in [-0.15, -0.1) is 0 Å². The van der Waals surface area contributed by atoms with Gasteiger partial charge in [0.15, 0.2) is 5.82 Å². The molecule has 0 unspecified atom stereocenters. The lowest BCUT2D eigenvalue weighted by atomic mass is 10.1. The first-order valence-electron chi connectivity index (χ1n) is 5.16. The Labute approximate surface area is 92.1 Å². The van der Waals surface area contributed by atoms with Crippen molar-refractivity contribution in [3.8, 4) is 5.75 Å². The third-order valence-corrected chi connectivity index (χ3v) is 2.52. The minimum absolute atomic E-state index is 0.0735. The summed E-state index contributed by atoms with van der Waals surface area (Å²) in [5.41, 5.74) is 5.33. The Bertz CT molecular complexity index is 378. The van der Waals surface area contributed by atoms with Crippen molar-refractivity contribution in [1.82, 2.24) is 0 Å². The molecule has 5 heteroatoms. The first-order valence-corrected chi connectivity index (χ1v) is 5.16. The number of hydrogen-bond donors (Lipinski definition) is 1. The van der Waals surface area contributed by atoms with Crippen LogP contribution in [-0.2, 0) is 4.74 Å². The largest absolute Gasteiger partial charge is 0.488 e. The quantitative estimate of drug-likeness (QED) is 0.790. The summed E-state index contributed by atoms with van der Waals surface area (Å²) in [4.78, 5) is 0.